The second-order valence-corrected chi connectivity index (χ2v) is 16.1. The van der Waals surface area contributed by atoms with Crippen LogP contribution in [0.3, 0.4) is 0 Å². The molecular formula is C29H41N7O4S4. The molecule has 4 aliphatic heterocycles. The fraction of sp³-hybridized carbons (Fsp3) is 0.690. The molecular weight excluding hydrogens is 639 g/mol. The summed E-state index contributed by atoms with van der Waals surface area (Å²) >= 11 is 6.02. The maximum absolute atomic E-state index is 13.9. The molecule has 1 fully saturated rings. The van der Waals surface area contributed by atoms with Gasteiger partial charge in [-0.1, -0.05) is 27.7 Å². The molecule has 4 amide bonds. The van der Waals surface area contributed by atoms with Crippen molar-refractivity contribution < 1.29 is 19.2 Å². The first kappa shape index (κ1) is 33.3. The van der Waals surface area contributed by atoms with E-state index in [4.69, 9.17) is 9.98 Å². The predicted octanol–water partition coefficient (Wildman–Crippen LogP) is 2.98. The van der Waals surface area contributed by atoms with Crippen LogP contribution in [-0.2, 0) is 14.4 Å². The van der Waals surface area contributed by atoms with Crippen molar-refractivity contribution in [1.29, 1.82) is 0 Å². The molecule has 0 unspecified atom stereocenters. The Kier molecular flexibility index (Phi) is 11.0. The monoisotopic (exact) mass is 679 g/mol. The number of nitrogens with zero attached hydrogens (tertiary/aromatic N) is 4. The van der Waals surface area contributed by atoms with E-state index in [1.807, 2.05) is 38.9 Å². The van der Waals surface area contributed by atoms with Gasteiger partial charge in [0.25, 0.3) is 5.91 Å². The fourth-order valence-electron chi connectivity index (χ4n) is 5.68. The summed E-state index contributed by atoms with van der Waals surface area (Å²) in [6.45, 7) is 8.47. The highest BCUT2D eigenvalue weighted by molar-refractivity contribution is 8.14. The van der Waals surface area contributed by atoms with Gasteiger partial charge < -0.3 is 20.9 Å². The Bertz CT molecular complexity index is 1330. The average Bonchev–Trinajstić information content (AvgIpc) is 3.81. The predicted molar refractivity (Wildman–Crippen MR) is 181 cm³/mol. The van der Waals surface area contributed by atoms with Crippen molar-refractivity contribution in [1.82, 2.24) is 25.8 Å². The van der Waals surface area contributed by atoms with Crippen LogP contribution in [0.5, 0.6) is 0 Å². The zero-order valence-electron chi connectivity index (χ0n) is 25.7. The first-order chi connectivity index (χ1) is 21.1. The van der Waals surface area contributed by atoms with Crippen molar-refractivity contribution >= 4 is 80.3 Å². The summed E-state index contributed by atoms with van der Waals surface area (Å²) in [7, 11) is 0. The van der Waals surface area contributed by atoms with Crippen LogP contribution in [0.2, 0.25) is 0 Å². The van der Waals surface area contributed by atoms with Gasteiger partial charge in [-0.15, -0.1) is 34.9 Å². The quantitative estimate of drug-likeness (QED) is 0.431. The van der Waals surface area contributed by atoms with Crippen LogP contribution in [0.1, 0.15) is 68.5 Å². The normalized spacial score (nSPS) is 30.0. The third kappa shape index (κ3) is 7.31. The lowest BCUT2D eigenvalue weighted by atomic mass is 10.0. The number of aliphatic imine (C=N–C) groups is 2. The summed E-state index contributed by atoms with van der Waals surface area (Å²) < 4.78 is 0. The van der Waals surface area contributed by atoms with E-state index in [1.54, 1.807) is 17.1 Å². The van der Waals surface area contributed by atoms with E-state index in [2.05, 4.69) is 20.9 Å². The van der Waals surface area contributed by atoms with Crippen molar-refractivity contribution in [2.75, 3.05) is 30.1 Å². The summed E-state index contributed by atoms with van der Waals surface area (Å²) in [4.78, 5) is 70.3. The Morgan fingerprint density at radius 2 is 1.57 bits per heavy atom. The minimum Gasteiger partial charge on any atom is -0.345 e. The third-order valence-electron chi connectivity index (χ3n) is 8.20. The van der Waals surface area contributed by atoms with Gasteiger partial charge in [0.2, 0.25) is 17.7 Å². The van der Waals surface area contributed by atoms with Crippen molar-refractivity contribution in [3.05, 3.63) is 16.1 Å². The van der Waals surface area contributed by atoms with Gasteiger partial charge in [0.15, 0.2) is 0 Å². The van der Waals surface area contributed by atoms with Crippen LogP contribution in [0.4, 0.5) is 0 Å². The fourth-order valence-corrected chi connectivity index (χ4v) is 9.50. The van der Waals surface area contributed by atoms with E-state index in [0.717, 1.165) is 23.6 Å². The highest BCUT2D eigenvalue weighted by Gasteiger charge is 2.41. The summed E-state index contributed by atoms with van der Waals surface area (Å²) in [5.41, 5.74) is 0.291. The Hall–Kier alpha value is -2.10. The van der Waals surface area contributed by atoms with Gasteiger partial charge in [-0.05, 0) is 43.1 Å². The topological polar surface area (TPSA) is 145 Å². The molecule has 0 saturated carbocycles. The number of aromatic nitrogens is 1. The highest BCUT2D eigenvalue weighted by Crippen LogP contribution is 2.32. The minimum atomic E-state index is -0.704. The third-order valence-corrected chi connectivity index (χ3v) is 12.1. The van der Waals surface area contributed by atoms with Crippen molar-refractivity contribution in [3.8, 4) is 0 Å². The molecule has 5 rings (SSSR count). The standard InChI is InChI=1S/C29H41N7O4S4/c1-14(2)21-28-33-17(13-44-28)23(37)30-16(8-10-41-5)26-31-18(11-42-26)25(39)35-22(15(3)4)29(40)36-9-6-7-20(36)27-32-19(12-43-27)24(38)34-21/h13-16,18-22H,6-12H2,1-5H3,(H,30,37)(H,34,38)(H,35,39)/t16-,18-,19-,20-,21-,22-/m0/s1. The van der Waals surface area contributed by atoms with Gasteiger partial charge in [0.1, 0.15) is 28.8 Å². The van der Waals surface area contributed by atoms with Gasteiger partial charge >= 0.3 is 0 Å². The molecule has 11 nitrogen and oxygen atoms in total. The molecule has 240 valence electrons. The lowest BCUT2D eigenvalue weighted by Gasteiger charge is -2.31. The maximum atomic E-state index is 13.9. The van der Waals surface area contributed by atoms with Crippen molar-refractivity contribution in [3.63, 3.8) is 0 Å². The zero-order chi connectivity index (χ0) is 31.5. The SMILES string of the molecule is CSCC[C@@H]1NC(=O)c2csc(n2)[C@H](C(C)C)NC(=O)[C@@H]2CSC(=N2)[C@@H]2CCCN2C(=O)[C@H](C(C)C)NC(=O)[C@@H]2CSC1=N2. The molecule has 4 aliphatic rings. The Morgan fingerprint density at radius 3 is 2.23 bits per heavy atom. The first-order valence-electron chi connectivity index (χ1n) is 15.1. The van der Waals surface area contributed by atoms with E-state index >= 15 is 0 Å². The molecule has 5 heterocycles. The van der Waals surface area contributed by atoms with Crippen molar-refractivity contribution in [2.24, 2.45) is 21.8 Å². The maximum Gasteiger partial charge on any atom is 0.271 e. The van der Waals surface area contributed by atoms with E-state index in [-0.39, 0.29) is 53.6 Å². The summed E-state index contributed by atoms with van der Waals surface area (Å²) in [6, 6.07) is -2.87. The molecule has 44 heavy (non-hydrogen) atoms. The second-order valence-electron chi connectivity index (χ2n) is 12.1. The Morgan fingerprint density at radius 1 is 0.932 bits per heavy atom. The Labute approximate surface area is 275 Å². The number of hydrogen-bond acceptors (Lipinski definition) is 11. The van der Waals surface area contributed by atoms with Crippen LogP contribution in [0.15, 0.2) is 15.4 Å². The molecule has 1 aromatic rings. The molecule has 15 heteroatoms. The van der Waals surface area contributed by atoms with Crippen LogP contribution >= 0.6 is 46.6 Å². The van der Waals surface area contributed by atoms with Gasteiger partial charge in [-0.25, -0.2) is 4.98 Å². The number of carbonyl (C=O) groups excluding carboxylic acids is 4. The number of amides is 4. The van der Waals surface area contributed by atoms with Gasteiger partial charge in [0.05, 0.1) is 28.2 Å². The summed E-state index contributed by atoms with van der Waals surface area (Å²) in [6.07, 6.45) is 4.27. The number of thioether (sulfide) groups is 3. The number of fused-ring (bicyclic) bond motifs is 6. The van der Waals surface area contributed by atoms with Gasteiger partial charge in [-0.2, -0.15) is 11.8 Å². The van der Waals surface area contributed by atoms with Gasteiger partial charge in [-0.3, -0.25) is 29.2 Å². The molecule has 1 aromatic heterocycles. The summed E-state index contributed by atoms with van der Waals surface area (Å²) in [5, 5.41) is 13.1. The highest BCUT2D eigenvalue weighted by atomic mass is 32.2. The molecule has 6 bridgehead atoms. The molecule has 6 atom stereocenters. The summed E-state index contributed by atoms with van der Waals surface area (Å²) in [5.74, 6) is 0.731. The first-order valence-corrected chi connectivity index (χ1v) is 19.4. The Balaban J connectivity index is 1.49. The number of hydrogen-bond donors (Lipinski definition) is 3. The zero-order valence-corrected chi connectivity index (χ0v) is 29.0. The largest absolute Gasteiger partial charge is 0.345 e. The number of carbonyl (C=O) groups is 4. The number of thiazole rings is 1. The molecule has 0 aliphatic carbocycles. The van der Waals surface area contributed by atoms with Crippen LogP contribution < -0.4 is 16.0 Å². The minimum absolute atomic E-state index is 0.0385. The van der Waals surface area contributed by atoms with E-state index in [9.17, 15) is 19.2 Å². The van der Waals surface area contributed by atoms with Crippen LogP contribution in [0, 0.1) is 11.8 Å². The number of nitrogens with one attached hydrogen (secondary N) is 3. The lowest BCUT2D eigenvalue weighted by Crippen LogP contribution is -2.55. The molecule has 3 N–H and O–H groups in total. The van der Waals surface area contributed by atoms with E-state index < -0.39 is 18.1 Å². The van der Waals surface area contributed by atoms with E-state index in [0.29, 0.717) is 40.2 Å². The van der Waals surface area contributed by atoms with Gasteiger partial charge in [0, 0.05) is 23.4 Å². The van der Waals surface area contributed by atoms with Crippen LogP contribution in [-0.4, -0.2) is 104 Å². The smallest absolute Gasteiger partial charge is 0.271 e. The van der Waals surface area contributed by atoms with E-state index in [1.165, 1.54) is 34.9 Å². The molecule has 1 saturated heterocycles. The average molecular weight is 680 g/mol. The molecule has 0 spiro atoms. The molecule has 0 radical (unpaired) electrons. The van der Waals surface area contributed by atoms with Crippen molar-refractivity contribution in [2.45, 2.75) is 83.2 Å². The van der Waals surface area contributed by atoms with Crippen LogP contribution in [0.25, 0.3) is 0 Å². The lowest BCUT2D eigenvalue weighted by molar-refractivity contribution is -0.137. The number of rotatable bonds is 5. The second kappa shape index (κ2) is 14.5. The molecule has 0 aromatic carbocycles.